The van der Waals surface area contributed by atoms with E-state index >= 15 is 0 Å². The molecule has 94 valence electrons. The maximum Gasteiger partial charge on any atom is 0.222 e. The molecule has 0 radical (unpaired) electrons. The highest BCUT2D eigenvalue weighted by molar-refractivity contribution is 5.77. The third-order valence-corrected chi connectivity index (χ3v) is 2.30. The van der Waals surface area contributed by atoms with Crippen molar-refractivity contribution < 1.29 is 9.90 Å². The van der Waals surface area contributed by atoms with Gasteiger partial charge in [0.1, 0.15) is 6.04 Å². The van der Waals surface area contributed by atoms with Crippen molar-refractivity contribution in [1.82, 2.24) is 5.32 Å². The Morgan fingerprint density at radius 1 is 1.31 bits per heavy atom. The van der Waals surface area contributed by atoms with Gasteiger partial charge in [-0.1, -0.05) is 32.9 Å². The van der Waals surface area contributed by atoms with Crippen molar-refractivity contribution in [1.29, 1.82) is 0 Å². The minimum Gasteiger partial charge on any atom is -0.389 e. The number of carbonyl (C=O) groups excluding carboxylic acids is 1. The van der Waals surface area contributed by atoms with E-state index in [4.69, 9.17) is 0 Å². The average molecular weight is 230 g/mol. The van der Waals surface area contributed by atoms with Crippen molar-refractivity contribution in [3.05, 3.63) is 4.91 Å². The molecule has 1 amide bonds. The Morgan fingerprint density at radius 2 is 1.88 bits per heavy atom. The molecule has 0 aromatic rings. The summed E-state index contributed by atoms with van der Waals surface area (Å²) in [6, 6.07) is -0.646. The molecule has 0 saturated carbocycles. The van der Waals surface area contributed by atoms with Crippen LogP contribution in [0.15, 0.2) is 5.18 Å². The third kappa shape index (κ3) is 5.80. The maximum atomic E-state index is 11.2. The molecule has 0 saturated heterocycles. The summed E-state index contributed by atoms with van der Waals surface area (Å²) < 4.78 is 0. The Labute approximate surface area is 96.6 Å². The Balaban J connectivity index is 4.06. The van der Waals surface area contributed by atoms with Crippen molar-refractivity contribution in [2.24, 2.45) is 17.0 Å². The number of nitrogens with one attached hydrogen (secondary N) is 1. The zero-order valence-corrected chi connectivity index (χ0v) is 10.4. The number of aliphatic hydroxyl groups is 1. The fraction of sp³-hybridized carbons (Fsp3) is 0.909. The topological polar surface area (TPSA) is 78.8 Å². The lowest BCUT2D eigenvalue weighted by Gasteiger charge is -2.19. The molecule has 2 N–H and O–H groups in total. The van der Waals surface area contributed by atoms with Crippen molar-refractivity contribution in [2.75, 3.05) is 6.54 Å². The quantitative estimate of drug-likeness (QED) is 0.647. The highest BCUT2D eigenvalue weighted by Gasteiger charge is 2.22. The number of amides is 1. The zero-order chi connectivity index (χ0) is 12.7. The molecule has 0 aliphatic rings. The number of hydrogen-bond acceptors (Lipinski definition) is 4. The van der Waals surface area contributed by atoms with Crippen LogP contribution in [0.1, 0.15) is 34.1 Å². The van der Waals surface area contributed by atoms with Crippen molar-refractivity contribution in [3.63, 3.8) is 0 Å². The molecule has 0 unspecified atom stereocenters. The van der Waals surface area contributed by atoms with Crippen LogP contribution >= 0.6 is 0 Å². The zero-order valence-electron chi connectivity index (χ0n) is 10.4. The standard InChI is InChI=1S/C11H22N2O3/c1-7(2)5-9(13-16)10(14)6-12-11(15)8(3)4/h7-10,14H,5-6H2,1-4H3,(H,12,15)/t9-,10+/m0/s1. The van der Waals surface area contributed by atoms with Gasteiger partial charge in [0.05, 0.1) is 6.10 Å². The molecule has 2 atom stereocenters. The average Bonchev–Trinajstić information content (AvgIpc) is 2.21. The predicted octanol–water partition coefficient (Wildman–Crippen LogP) is 1.30. The van der Waals surface area contributed by atoms with Crippen LogP contribution in [-0.2, 0) is 4.79 Å². The molecular formula is C11H22N2O3. The molecule has 0 rings (SSSR count). The van der Waals surface area contributed by atoms with Crippen LogP contribution in [0.25, 0.3) is 0 Å². The van der Waals surface area contributed by atoms with E-state index in [0.717, 1.165) is 0 Å². The first-order valence-corrected chi connectivity index (χ1v) is 5.66. The summed E-state index contributed by atoms with van der Waals surface area (Å²) in [7, 11) is 0. The summed E-state index contributed by atoms with van der Waals surface area (Å²) in [5, 5.41) is 15.2. The van der Waals surface area contributed by atoms with E-state index in [1.165, 1.54) is 0 Å². The van der Waals surface area contributed by atoms with Gasteiger partial charge in [-0.15, -0.1) is 0 Å². The summed E-state index contributed by atoms with van der Waals surface area (Å²) in [4.78, 5) is 21.8. The summed E-state index contributed by atoms with van der Waals surface area (Å²) in [5.41, 5.74) is 0. The SMILES string of the molecule is CC(C)C[C@H](N=O)[C@H](O)CNC(=O)C(C)C. The first-order chi connectivity index (χ1) is 7.38. The molecular weight excluding hydrogens is 208 g/mol. The molecule has 16 heavy (non-hydrogen) atoms. The molecule has 0 spiro atoms. The molecule has 0 heterocycles. The fourth-order valence-electron chi connectivity index (χ4n) is 1.30. The Morgan fingerprint density at radius 3 is 2.25 bits per heavy atom. The summed E-state index contributed by atoms with van der Waals surface area (Å²) in [5.74, 6) is 0.0336. The van der Waals surface area contributed by atoms with Crippen LogP contribution in [0, 0.1) is 16.7 Å². The monoisotopic (exact) mass is 230 g/mol. The second kappa shape index (κ2) is 7.33. The lowest BCUT2D eigenvalue weighted by Crippen LogP contribution is -2.40. The summed E-state index contributed by atoms with van der Waals surface area (Å²) >= 11 is 0. The van der Waals surface area contributed by atoms with E-state index in [0.29, 0.717) is 6.42 Å². The molecule has 0 aliphatic carbocycles. The largest absolute Gasteiger partial charge is 0.389 e. The molecule has 0 fully saturated rings. The van der Waals surface area contributed by atoms with Crippen LogP contribution in [0.4, 0.5) is 0 Å². The fourth-order valence-corrected chi connectivity index (χ4v) is 1.30. The van der Waals surface area contributed by atoms with Gasteiger partial charge in [0, 0.05) is 12.5 Å². The van der Waals surface area contributed by atoms with Crippen LogP contribution in [0.5, 0.6) is 0 Å². The Kier molecular flexibility index (Phi) is 6.88. The van der Waals surface area contributed by atoms with Crippen molar-refractivity contribution >= 4 is 5.91 Å². The number of carbonyl (C=O) groups is 1. The van der Waals surface area contributed by atoms with Gasteiger partial charge in [0.15, 0.2) is 0 Å². The molecule has 0 aliphatic heterocycles. The number of nitrogens with zero attached hydrogens (tertiary/aromatic N) is 1. The molecule has 0 aromatic heterocycles. The highest BCUT2D eigenvalue weighted by atomic mass is 16.3. The maximum absolute atomic E-state index is 11.2. The van der Waals surface area contributed by atoms with Crippen molar-refractivity contribution in [2.45, 2.75) is 46.3 Å². The van der Waals surface area contributed by atoms with E-state index in [-0.39, 0.29) is 24.3 Å². The Hall–Kier alpha value is -0.970. The van der Waals surface area contributed by atoms with Gasteiger partial charge in [0.25, 0.3) is 0 Å². The minimum absolute atomic E-state index is 0.0835. The molecule has 0 bridgehead atoms. The van der Waals surface area contributed by atoms with Crippen LogP contribution in [0.3, 0.4) is 0 Å². The van der Waals surface area contributed by atoms with E-state index in [9.17, 15) is 14.8 Å². The lowest BCUT2D eigenvalue weighted by atomic mass is 10.00. The van der Waals surface area contributed by atoms with Crippen LogP contribution in [0.2, 0.25) is 0 Å². The van der Waals surface area contributed by atoms with Gasteiger partial charge >= 0.3 is 0 Å². The van der Waals surface area contributed by atoms with Gasteiger partial charge in [-0.2, -0.15) is 4.91 Å². The van der Waals surface area contributed by atoms with Gasteiger partial charge in [-0.05, 0) is 12.3 Å². The van der Waals surface area contributed by atoms with Gasteiger partial charge < -0.3 is 10.4 Å². The minimum atomic E-state index is -0.900. The number of rotatable bonds is 7. The second-order valence-corrected chi connectivity index (χ2v) is 4.77. The highest BCUT2D eigenvalue weighted by Crippen LogP contribution is 2.11. The normalized spacial score (nSPS) is 14.9. The first-order valence-electron chi connectivity index (χ1n) is 5.66. The first kappa shape index (κ1) is 15.0. The van der Waals surface area contributed by atoms with Gasteiger partial charge in [-0.3, -0.25) is 4.79 Å². The number of nitroso groups, excluding NO2 is 1. The summed E-state index contributed by atoms with van der Waals surface area (Å²) in [6.45, 7) is 7.53. The Bertz CT molecular complexity index is 229. The molecule has 5 heteroatoms. The number of aliphatic hydroxyl groups excluding tert-OH is 1. The summed E-state index contributed by atoms with van der Waals surface area (Å²) in [6.07, 6.45) is -0.370. The predicted molar refractivity (Wildman–Crippen MR) is 62.9 cm³/mol. The van der Waals surface area contributed by atoms with Crippen LogP contribution in [-0.4, -0.2) is 29.7 Å². The van der Waals surface area contributed by atoms with Gasteiger partial charge in [0.2, 0.25) is 5.91 Å². The van der Waals surface area contributed by atoms with Gasteiger partial charge in [-0.25, -0.2) is 0 Å². The second-order valence-electron chi connectivity index (χ2n) is 4.77. The third-order valence-electron chi connectivity index (χ3n) is 2.30. The van der Waals surface area contributed by atoms with E-state index in [1.54, 1.807) is 13.8 Å². The van der Waals surface area contributed by atoms with E-state index < -0.39 is 12.1 Å². The molecule has 0 aromatic carbocycles. The van der Waals surface area contributed by atoms with Crippen molar-refractivity contribution in [3.8, 4) is 0 Å². The number of hydrogen-bond donors (Lipinski definition) is 2. The smallest absolute Gasteiger partial charge is 0.222 e. The van der Waals surface area contributed by atoms with E-state index in [1.807, 2.05) is 13.8 Å². The lowest BCUT2D eigenvalue weighted by molar-refractivity contribution is -0.124. The molecule has 5 nitrogen and oxygen atoms in total. The van der Waals surface area contributed by atoms with E-state index in [2.05, 4.69) is 10.5 Å². The van der Waals surface area contributed by atoms with Crippen LogP contribution < -0.4 is 5.32 Å².